The van der Waals surface area contributed by atoms with Gasteiger partial charge in [-0.15, -0.1) is 0 Å². The van der Waals surface area contributed by atoms with E-state index in [1.54, 1.807) is 24.3 Å². The summed E-state index contributed by atoms with van der Waals surface area (Å²) in [6.45, 7) is 4.60. The maximum absolute atomic E-state index is 12.5. The lowest BCUT2D eigenvalue weighted by atomic mass is 9.62. The molecule has 2 aliphatic rings. The Morgan fingerprint density at radius 2 is 1.89 bits per heavy atom. The molecule has 1 saturated heterocycles. The van der Waals surface area contributed by atoms with Gasteiger partial charge in [0.15, 0.2) is 0 Å². The van der Waals surface area contributed by atoms with Gasteiger partial charge in [-0.25, -0.2) is 8.42 Å². The van der Waals surface area contributed by atoms with Crippen LogP contribution in [0.4, 0.5) is 0 Å². The second-order valence-electron chi connectivity index (χ2n) is 5.85. The van der Waals surface area contributed by atoms with E-state index in [2.05, 4.69) is 0 Å². The maximum atomic E-state index is 12.5. The molecular weight excluding hydrogens is 262 g/mol. The average molecular weight is 279 g/mol. The van der Waals surface area contributed by atoms with Crippen molar-refractivity contribution in [2.45, 2.75) is 25.2 Å². The van der Waals surface area contributed by atoms with Crippen molar-refractivity contribution in [3.05, 3.63) is 29.8 Å². The van der Waals surface area contributed by atoms with E-state index in [0.717, 1.165) is 5.56 Å². The maximum Gasteiger partial charge on any atom is 0.243 e. The Morgan fingerprint density at radius 3 is 2.42 bits per heavy atom. The summed E-state index contributed by atoms with van der Waals surface area (Å²) in [5.41, 5.74) is 0.584. The van der Waals surface area contributed by atoms with Crippen LogP contribution < -0.4 is 0 Å². The van der Waals surface area contributed by atoms with Crippen LogP contribution in [-0.2, 0) is 14.8 Å². The SMILES string of the molecule is Cc1ccc(S(=O)(=O)N2C[C@@H]3CC(=O)[C@]3(C)C2)cc1. The highest BCUT2D eigenvalue weighted by Crippen LogP contribution is 2.49. The first-order chi connectivity index (χ1) is 8.84. The molecule has 0 N–H and O–H groups in total. The first kappa shape index (κ1) is 12.8. The Labute approximate surface area is 113 Å². The number of ketones is 1. The van der Waals surface area contributed by atoms with Crippen LogP contribution in [-0.4, -0.2) is 31.6 Å². The highest BCUT2D eigenvalue weighted by atomic mass is 32.2. The van der Waals surface area contributed by atoms with Gasteiger partial charge in [-0.05, 0) is 25.0 Å². The minimum Gasteiger partial charge on any atom is -0.299 e. The van der Waals surface area contributed by atoms with Crippen LogP contribution in [0.15, 0.2) is 29.2 Å². The van der Waals surface area contributed by atoms with Crippen molar-refractivity contribution in [1.29, 1.82) is 0 Å². The normalized spacial score (nSPS) is 31.1. The average Bonchev–Trinajstić information content (AvgIpc) is 2.64. The molecule has 0 spiro atoms. The van der Waals surface area contributed by atoms with Gasteiger partial charge in [0.05, 0.1) is 4.90 Å². The number of benzene rings is 1. The number of hydrogen-bond acceptors (Lipinski definition) is 3. The van der Waals surface area contributed by atoms with Crippen molar-refractivity contribution >= 4 is 15.8 Å². The molecule has 0 amide bonds. The van der Waals surface area contributed by atoms with Gasteiger partial charge < -0.3 is 0 Å². The van der Waals surface area contributed by atoms with Crippen LogP contribution in [0.2, 0.25) is 0 Å². The molecule has 102 valence electrons. The molecule has 1 aromatic rings. The summed E-state index contributed by atoms with van der Waals surface area (Å²) < 4.78 is 26.5. The minimum absolute atomic E-state index is 0.194. The van der Waals surface area contributed by atoms with Crippen LogP contribution in [0, 0.1) is 18.3 Å². The molecule has 1 saturated carbocycles. The summed E-state index contributed by atoms with van der Waals surface area (Å²) in [7, 11) is -3.46. The van der Waals surface area contributed by atoms with E-state index in [0.29, 0.717) is 24.4 Å². The molecule has 0 bridgehead atoms. The summed E-state index contributed by atoms with van der Waals surface area (Å²) in [4.78, 5) is 12.0. The van der Waals surface area contributed by atoms with Gasteiger partial charge in [-0.2, -0.15) is 4.31 Å². The molecule has 1 aromatic carbocycles. The van der Waals surface area contributed by atoms with Crippen molar-refractivity contribution in [1.82, 2.24) is 4.31 Å². The van der Waals surface area contributed by atoms with E-state index < -0.39 is 15.4 Å². The second kappa shape index (κ2) is 3.90. The largest absolute Gasteiger partial charge is 0.299 e. The number of sulfonamides is 1. The van der Waals surface area contributed by atoms with Crippen LogP contribution >= 0.6 is 0 Å². The number of aryl methyl sites for hydroxylation is 1. The first-order valence-electron chi connectivity index (χ1n) is 6.44. The molecule has 0 radical (unpaired) electrons. The first-order valence-corrected chi connectivity index (χ1v) is 7.88. The molecule has 3 rings (SSSR count). The Kier molecular flexibility index (Phi) is 2.63. The van der Waals surface area contributed by atoms with Gasteiger partial charge in [0, 0.05) is 24.9 Å². The third-order valence-corrected chi connectivity index (χ3v) is 6.38. The van der Waals surface area contributed by atoms with Gasteiger partial charge in [-0.1, -0.05) is 24.6 Å². The summed E-state index contributed by atoms with van der Waals surface area (Å²) in [5.74, 6) is 0.388. The summed E-state index contributed by atoms with van der Waals surface area (Å²) >= 11 is 0. The second-order valence-corrected chi connectivity index (χ2v) is 7.79. The predicted molar refractivity (Wildman–Crippen MR) is 71.2 cm³/mol. The van der Waals surface area contributed by atoms with Gasteiger partial charge in [-0.3, -0.25) is 4.79 Å². The predicted octanol–water partition coefficient (Wildman–Crippen LogP) is 1.59. The lowest BCUT2D eigenvalue weighted by Gasteiger charge is -2.38. The Balaban J connectivity index is 1.91. The number of Topliss-reactive ketones (excluding diaryl/α,β-unsaturated/α-hetero) is 1. The van der Waals surface area contributed by atoms with Crippen LogP contribution in [0.1, 0.15) is 18.9 Å². The smallest absolute Gasteiger partial charge is 0.243 e. The lowest BCUT2D eigenvalue weighted by Crippen LogP contribution is -2.46. The zero-order valence-electron chi connectivity index (χ0n) is 11.1. The molecular formula is C14H17NO3S. The van der Waals surface area contributed by atoms with Crippen LogP contribution in [0.3, 0.4) is 0 Å². The highest BCUT2D eigenvalue weighted by Gasteiger charge is 2.58. The zero-order valence-corrected chi connectivity index (χ0v) is 11.9. The van der Waals surface area contributed by atoms with Crippen LogP contribution in [0.5, 0.6) is 0 Å². The number of hydrogen-bond donors (Lipinski definition) is 0. The van der Waals surface area contributed by atoms with Gasteiger partial charge >= 0.3 is 0 Å². The quantitative estimate of drug-likeness (QED) is 0.826. The number of carbonyl (C=O) groups excluding carboxylic acids is 1. The molecule has 2 atom stereocenters. The van der Waals surface area contributed by atoms with E-state index >= 15 is 0 Å². The third kappa shape index (κ3) is 1.75. The molecule has 0 unspecified atom stereocenters. The molecule has 1 aliphatic heterocycles. The van der Waals surface area contributed by atoms with Gasteiger partial charge in [0.25, 0.3) is 0 Å². The van der Waals surface area contributed by atoms with Crippen LogP contribution in [0.25, 0.3) is 0 Å². The van der Waals surface area contributed by atoms with E-state index in [4.69, 9.17) is 0 Å². The summed E-state index contributed by atoms with van der Waals surface area (Å²) in [6, 6.07) is 6.86. The number of nitrogens with zero attached hydrogens (tertiary/aromatic N) is 1. The van der Waals surface area contributed by atoms with Crippen molar-refractivity contribution < 1.29 is 13.2 Å². The Morgan fingerprint density at radius 1 is 1.26 bits per heavy atom. The minimum atomic E-state index is -3.46. The fraction of sp³-hybridized carbons (Fsp3) is 0.500. The zero-order chi connectivity index (χ0) is 13.8. The van der Waals surface area contributed by atoms with E-state index in [-0.39, 0.29) is 11.7 Å². The van der Waals surface area contributed by atoms with Crippen molar-refractivity contribution in [3.63, 3.8) is 0 Å². The molecule has 0 aromatic heterocycles. The standard InChI is InChI=1S/C14H17NO3S/c1-10-3-5-12(6-4-10)19(17,18)15-8-11-7-13(16)14(11,2)9-15/h3-6,11H,7-9H2,1-2H3/t11-,14+/m0/s1. The van der Waals surface area contributed by atoms with Crippen molar-refractivity contribution in [3.8, 4) is 0 Å². The Hall–Kier alpha value is -1.20. The van der Waals surface area contributed by atoms with E-state index in [1.165, 1.54) is 4.31 Å². The molecule has 1 aliphatic carbocycles. The fourth-order valence-corrected chi connectivity index (χ4v) is 4.57. The van der Waals surface area contributed by atoms with Crippen molar-refractivity contribution in [2.75, 3.05) is 13.1 Å². The van der Waals surface area contributed by atoms with E-state index in [1.807, 2.05) is 13.8 Å². The molecule has 19 heavy (non-hydrogen) atoms. The van der Waals surface area contributed by atoms with Crippen molar-refractivity contribution in [2.24, 2.45) is 11.3 Å². The Bertz CT molecular complexity index is 635. The number of carbonyl (C=O) groups is 1. The number of fused-ring (bicyclic) bond motifs is 1. The third-order valence-electron chi connectivity index (χ3n) is 4.56. The van der Waals surface area contributed by atoms with Gasteiger partial charge in [0.1, 0.15) is 5.78 Å². The molecule has 5 heteroatoms. The molecule has 4 nitrogen and oxygen atoms in total. The van der Waals surface area contributed by atoms with E-state index in [9.17, 15) is 13.2 Å². The molecule has 1 heterocycles. The number of rotatable bonds is 2. The lowest BCUT2D eigenvalue weighted by molar-refractivity contribution is -0.140. The topological polar surface area (TPSA) is 54.5 Å². The fourth-order valence-electron chi connectivity index (χ4n) is 2.98. The highest BCUT2D eigenvalue weighted by molar-refractivity contribution is 7.89. The van der Waals surface area contributed by atoms with Gasteiger partial charge in [0.2, 0.25) is 10.0 Å². The molecule has 2 fully saturated rings. The summed E-state index contributed by atoms with van der Waals surface area (Å²) in [5, 5.41) is 0. The summed E-state index contributed by atoms with van der Waals surface area (Å²) in [6.07, 6.45) is 0.524. The monoisotopic (exact) mass is 279 g/mol.